The third kappa shape index (κ3) is 3.53. The number of benzene rings is 1. The molecule has 0 bridgehead atoms. The van der Waals surface area contributed by atoms with E-state index in [0.717, 1.165) is 0 Å². The molecule has 0 aliphatic carbocycles. The highest BCUT2D eigenvalue weighted by atomic mass is 19.1. The van der Waals surface area contributed by atoms with Crippen LogP contribution in [0.5, 0.6) is 0 Å². The van der Waals surface area contributed by atoms with Gasteiger partial charge in [0.25, 0.3) is 0 Å². The van der Waals surface area contributed by atoms with Gasteiger partial charge in [-0.1, -0.05) is 6.07 Å². The molecule has 6 heteroatoms. The van der Waals surface area contributed by atoms with Crippen molar-refractivity contribution >= 4 is 11.0 Å². The topological polar surface area (TPSA) is 64.9 Å². The first-order chi connectivity index (χ1) is 9.74. The minimum absolute atomic E-state index is 0.328. The van der Waals surface area contributed by atoms with Crippen molar-refractivity contribution in [3.8, 4) is 6.07 Å². The number of aromatic nitrogens is 2. The zero-order valence-corrected chi connectivity index (χ0v) is 11.4. The van der Waals surface area contributed by atoms with E-state index in [4.69, 9.17) is 10.00 Å². The standard InChI is InChI=1S/C14H17FN4O/c1-20-9-8-19(7-3-6-16)10-13-17-12-5-2-4-11(15)14(12)18-13/h2,4-5H,3,7-10H2,1H3,(H,17,18). The molecule has 2 aromatic rings. The second-order valence-corrected chi connectivity index (χ2v) is 4.50. The molecule has 0 saturated carbocycles. The molecule has 1 aromatic carbocycles. The number of methoxy groups -OCH3 is 1. The van der Waals surface area contributed by atoms with Crippen molar-refractivity contribution < 1.29 is 9.13 Å². The molecular weight excluding hydrogens is 259 g/mol. The van der Waals surface area contributed by atoms with Gasteiger partial charge in [-0.05, 0) is 12.1 Å². The Balaban J connectivity index is 2.11. The van der Waals surface area contributed by atoms with Gasteiger partial charge in [0, 0.05) is 26.6 Å². The number of hydrogen-bond donors (Lipinski definition) is 1. The van der Waals surface area contributed by atoms with E-state index in [0.29, 0.717) is 49.5 Å². The number of H-pyrrole nitrogens is 1. The number of aromatic amines is 1. The van der Waals surface area contributed by atoms with E-state index in [9.17, 15) is 4.39 Å². The first-order valence-corrected chi connectivity index (χ1v) is 6.46. The largest absolute Gasteiger partial charge is 0.383 e. The van der Waals surface area contributed by atoms with Crippen LogP contribution in [0, 0.1) is 17.1 Å². The van der Waals surface area contributed by atoms with Gasteiger partial charge in [0.2, 0.25) is 0 Å². The van der Waals surface area contributed by atoms with Gasteiger partial charge >= 0.3 is 0 Å². The van der Waals surface area contributed by atoms with Gasteiger partial charge in [0.15, 0.2) is 5.82 Å². The van der Waals surface area contributed by atoms with Crippen LogP contribution in [0.2, 0.25) is 0 Å². The Hall–Kier alpha value is -1.97. The Kier molecular flexibility index (Phi) is 5.04. The smallest absolute Gasteiger partial charge is 0.151 e. The number of nitrogens with zero attached hydrogens (tertiary/aromatic N) is 3. The number of rotatable bonds is 7. The lowest BCUT2D eigenvalue weighted by atomic mass is 10.3. The zero-order valence-electron chi connectivity index (χ0n) is 11.4. The van der Waals surface area contributed by atoms with Gasteiger partial charge in [-0.2, -0.15) is 5.26 Å². The van der Waals surface area contributed by atoms with Crippen LogP contribution < -0.4 is 0 Å². The summed E-state index contributed by atoms with van der Waals surface area (Å²) in [6.45, 7) is 2.47. The van der Waals surface area contributed by atoms with Gasteiger partial charge in [-0.15, -0.1) is 0 Å². The molecule has 0 aliphatic heterocycles. The summed E-state index contributed by atoms with van der Waals surface area (Å²) < 4.78 is 18.6. The number of nitrogens with one attached hydrogen (secondary N) is 1. The van der Waals surface area contributed by atoms with Crippen molar-refractivity contribution in [2.45, 2.75) is 13.0 Å². The highest BCUT2D eigenvalue weighted by Crippen LogP contribution is 2.15. The summed E-state index contributed by atoms with van der Waals surface area (Å²) >= 11 is 0. The summed E-state index contributed by atoms with van der Waals surface area (Å²) in [7, 11) is 1.64. The maximum atomic E-state index is 13.6. The molecule has 0 radical (unpaired) electrons. The van der Waals surface area contributed by atoms with Crippen molar-refractivity contribution in [3.63, 3.8) is 0 Å². The van der Waals surface area contributed by atoms with E-state index in [-0.39, 0.29) is 5.82 Å². The predicted molar refractivity (Wildman–Crippen MR) is 73.4 cm³/mol. The molecule has 0 unspecified atom stereocenters. The van der Waals surface area contributed by atoms with E-state index >= 15 is 0 Å². The van der Waals surface area contributed by atoms with Crippen molar-refractivity contribution in [2.75, 3.05) is 26.8 Å². The first kappa shape index (κ1) is 14.4. The molecular formula is C14H17FN4O. The van der Waals surface area contributed by atoms with Gasteiger partial charge in [0.05, 0.1) is 24.7 Å². The summed E-state index contributed by atoms with van der Waals surface area (Å²) in [5.41, 5.74) is 1.04. The fourth-order valence-electron chi connectivity index (χ4n) is 2.03. The molecule has 1 aromatic heterocycles. The highest BCUT2D eigenvalue weighted by molar-refractivity contribution is 5.75. The van der Waals surface area contributed by atoms with Gasteiger partial charge < -0.3 is 9.72 Å². The Morgan fingerprint density at radius 3 is 3.00 bits per heavy atom. The van der Waals surface area contributed by atoms with E-state index in [2.05, 4.69) is 20.9 Å². The third-order valence-electron chi connectivity index (χ3n) is 3.04. The van der Waals surface area contributed by atoms with Gasteiger partial charge in [0.1, 0.15) is 11.3 Å². The first-order valence-electron chi connectivity index (χ1n) is 6.46. The SMILES string of the molecule is COCCN(CCC#N)Cc1nc2c(F)cccc2[nH]1. The summed E-state index contributed by atoms with van der Waals surface area (Å²) in [4.78, 5) is 9.43. The van der Waals surface area contributed by atoms with Gasteiger partial charge in [-0.25, -0.2) is 9.37 Å². The normalized spacial score (nSPS) is 11.1. The molecule has 106 valence electrons. The van der Waals surface area contributed by atoms with Gasteiger partial charge in [-0.3, -0.25) is 4.90 Å². The highest BCUT2D eigenvalue weighted by Gasteiger charge is 2.11. The number of hydrogen-bond acceptors (Lipinski definition) is 4. The second kappa shape index (κ2) is 6.98. The molecule has 1 N–H and O–H groups in total. The fraction of sp³-hybridized carbons (Fsp3) is 0.429. The van der Waals surface area contributed by atoms with Crippen molar-refractivity contribution in [1.29, 1.82) is 5.26 Å². The lowest BCUT2D eigenvalue weighted by molar-refractivity contribution is 0.144. The van der Waals surface area contributed by atoms with E-state index < -0.39 is 0 Å². The average Bonchev–Trinajstić information content (AvgIpc) is 2.86. The van der Waals surface area contributed by atoms with Crippen LogP contribution in [0.1, 0.15) is 12.2 Å². The summed E-state index contributed by atoms with van der Waals surface area (Å²) in [5, 5.41) is 8.68. The number of nitriles is 1. The van der Waals surface area contributed by atoms with Crippen LogP contribution in [0.25, 0.3) is 11.0 Å². The molecule has 0 saturated heterocycles. The number of para-hydroxylation sites is 1. The zero-order chi connectivity index (χ0) is 14.4. The third-order valence-corrected chi connectivity index (χ3v) is 3.04. The minimum atomic E-state index is -0.328. The lowest BCUT2D eigenvalue weighted by Crippen LogP contribution is -2.28. The van der Waals surface area contributed by atoms with Crippen molar-refractivity contribution in [1.82, 2.24) is 14.9 Å². The molecule has 0 aliphatic rings. The van der Waals surface area contributed by atoms with E-state index in [1.165, 1.54) is 6.07 Å². The Morgan fingerprint density at radius 1 is 1.45 bits per heavy atom. The van der Waals surface area contributed by atoms with Crippen molar-refractivity contribution in [2.24, 2.45) is 0 Å². The quantitative estimate of drug-likeness (QED) is 0.840. The Bertz CT molecular complexity index is 605. The summed E-state index contributed by atoms with van der Waals surface area (Å²) in [6, 6.07) is 6.96. The Morgan fingerprint density at radius 2 is 2.30 bits per heavy atom. The molecule has 0 amide bonds. The average molecular weight is 276 g/mol. The number of imidazole rings is 1. The lowest BCUT2D eigenvalue weighted by Gasteiger charge is -2.19. The molecule has 2 rings (SSSR count). The van der Waals surface area contributed by atoms with Crippen LogP contribution in [0.15, 0.2) is 18.2 Å². The van der Waals surface area contributed by atoms with Crippen LogP contribution in [0.3, 0.4) is 0 Å². The Labute approximate surface area is 117 Å². The van der Waals surface area contributed by atoms with Crippen LogP contribution in [-0.2, 0) is 11.3 Å². The molecule has 20 heavy (non-hydrogen) atoms. The molecule has 0 fully saturated rings. The van der Waals surface area contributed by atoms with Crippen LogP contribution in [0.4, 0.5) is 4.39 Å². The molecule has 5 nitrogen and oxygen atoms in total. The second-order valence-electron chi connectivity index (χ2n) is 4.50. The summed E-state index contributed by atoms with van der Waals surface area (Å²) in [5.74, 6) is 0.365. The molecule has 0 spiro atoms. The van der Waals surface area contributed by atoms with Crippen LogP contribution in [-0.4, -0.2) is 41.7 Å². The van der Waals surface area contributed by atoms with E-state index in [1.54, 1.807) is 19.2 Å². The summed E-state index contributed by atoms with van der Waals surface area (Å²) in [6.07, 6.45) is 0.443. The minimum Gasteiger partial charge on any atom is -0.383 e. The van der Waals surface area contributed by atoms with Crippen LogP contribution >= 0.6 is 0 Å². The number of fused-ring (bicyclic) bond motifs is 1. The van der Waals surface area contributed by atoms with Crippen molar-refractivity contribution in [3.05, 3.63) is 29.8 Å². The number of halogens is 1. The fourth-order valence-corrected chi connectivity index (χ4v) is 2.03. The molecule has 1 heterocycles. The monoisotopic (exact) mass is 276 g/mol. The molecule has 0 atom stereocenters. The predicted octanol–water partition coefficient (Wildman–Crippen LogP) is 2.06. The maximum absolute atomic E-state index is 13.6. The number of ether oxygens (including phenoxy) is 1. The van der Waals surface area contributed by atoms with E-state index in [1.807, 2.05) is 0 Å². The maximum Gasteiger partial charge on any atom is 0.151 e.